The van der Waals surface area contributed by atoms with Gasteiger partial charge in [0.15, 0.2) is 0 Å². The lowest BCUT2D eigenvalue weighted by molar-refractivity contribution is -0.0556. The lowest BCUT2D eigenvalue weighted by Gasteiger charge is -2.38. The van der Waals surface area contributed by atoms with E-state index in [1.807, 2.05) is 7.05 Å². The molecule has 94 valence electrons. The highest BCUT2D eigenvalue weighted by molar-refractivity contribution is 4.90. The van der Waals surface area contributed by atoms with Crippen LogP contribution in [-0.4, -0.2) is 64.1 Å². The van der Waals surface area contributed by atoms with E-state index >= 15 is 0 Å². The van der Waals surface area contributed by atoms with Crippen molar-refractivity contribution in [2.24, 2.45) is 5.92 Å². The molecule has 1 saturated carbocycles. The van der Waals surface area contributed by atoms with Crippen molar-refractivity contribution < 1.29 is 9.47 Å². The molecule has 2 rings (SSSR count). The first-order chi connectivity index (χ1) is 7.85. The van der Waals surface area contributed by atoms with E-state index in [0.717, 1.165) is 38.8 Å². The molecule has 4 nitrogen and oxygen atoms in total. The second-order valence-electron chi connectivity index (χ2n) is 4.91. The van der Waals surface area contributed by atoms with Crippen LogP contribution in [0.4, 0.5) is 0 Å². The van der Waals surface area contributed by atoms with Gasteiger partial charge in [-0.05, 0) is 25.8 Å². The van der Waals surface area contributed by atoms with Gasteiger partial charge in [-0.2, -0.15) is 0 Å². The molecule has 0 aromatic heterocycles. The molecule has 2 aliphatic rings. The van der Waals surface area contributed by atoms with Crippen LogP contribution < -0.4 is 5.32 Å². The van der Waals surface area contributed by atoms with Crippen LogP contribution in [0.3, 0.4) is 0 Å². The Balaban J connectivity index is 1.85. The fourth-order valence-corrected chi connectivity index (χ4v) is 2.59. The van der Waals surface area contributed by atoms with Gasteiger partial charge in [-0.1, -0.05) is 0 Å². The summed E-state index contributed by atoms with van der Waals surface area (Å²) in [7, 11) is 3.79. The number of nitrogens with zero attached hydrogens (tertiary/aromatic N) is 1. The first-order valence-corrected chi connectivity index (χ1v) is 6.34. The van der Waals surface area contributed by atoms with Crippen molar-refractivity contribution in [3.8, 4) is 0 Å². The zero-order chi connectivity index (χ0) is 11.4. The minimum atomic E-state index is 0.344. The molecule has 2 unspecified atom stereocenters. The molecule has 1 saturated heterocycles. The smallest absolute Gasteiger partial charge is 0.0826 e. The largest absolute Gasteiger partial charge is 0.383 e. The summed E-state index contributed by atoms with van der Waals surface area (Å²) in [5.41, 5.74) is 0. The molecule has 4 heteroatoms. The minimum Gasteiger partial charge on any atom is -0.383 e. The highest BCUT2D eigenvalue weighted by Crippen LogP contribution is 2.36. The zero-order valence-electron chi connectivity index (χ0n) is 10.4. The van der Waals surface area contributed by atoms with Crippen molar-refractivity contribution in [3.05, 3.63) is 0 Å². The molecule has 0 aromatic carbocycles. The molecule has 0 amide bonds. The maximum atomic E-state index is 5.73. The average molecular weight is 228 g/mol. The third-order valence-corrected chi connectivity index (χ3v) is 3.57. The molecule has 16 heavy (non-hydrogen) atoms. The predicted octanol–water partition coefficient (Wildman–Crippen LogP) is 0.332. The lowest BCUT2D eigenvalue weighted by atomic mass is 10.1. The van der Waals surface area contributed by atoms with Gasteiger partial charge in [0.25, 0.3) is 0 Å². The number of morpholine rings is 1. The standard InChI is InChI=1S/C12H24N2O2/c1-13-7-11-8-14(5-6-16-11)12(9-15-2)10-3-4-10/h10-13H,3-9H2,1-2H3. The van der Waals surface area contributed by atoms with Crippen LogP contribution in [0.5, 0.6) is 0 Å². The van der Waals surface area contributed by atoms with E-state index in [1.54, 1.807) is 7.11 Å². The third kappa shape index (κ3) is 3.17. The Morgan fingerprint density at radius 3 is 2.94 bits per heavy atom. The van der Waals surface area contributed by atoms with Crippen molar-refractivity contribution in [2.45, 2.75) is 25.0 Å². The van der Waals surface area contributed by atoms with Crippen LogP contribution in [0.25, 0.3) is 0 Å². The monoisotopic (exact) mass is 228 g/mol. The van der Waals surface area contributed by atoms with E-state index in [1.165, 1.54) is 12.8 Å². The molecule has 0 bridgehead atoms. The van der Waals surface area contributed by atoms with E-state index in [-0.39, 0.29) is 0 Å². The molecule has 2 atom stereocenters. The van der Waals surface area contributed by atoms with E-state index in [4.69, 9.17) is 9.47 Å². The lowest BCUT2D eigenvalue weighted by Crippen LogP contribution is -2.52. The molecule has 0 aromatic rings. The zero-order valence-corrected chi connectivity index (χ0v) is 10.4. The number of hydrogen-bond acceptors (Lipinski definition) is 4. The van der Waals surface area contributed by atoms with Gasteiger partial charge >= 0.3 is 0 Å². The molecule has 1 aliphatic heterocycles. The van der Waals surface area contributed by atoms with Crippen LogP contribution in [0.2, 0.25) is 0 Å². The average Bonchev–Trinajstić information content (AvgIpc) is 3.11. The summed E-state index contributed by atoms with van der Waals surface area (Å²) in [4.78, 5) is 2.56. The summed E-state index contributed by atoms with van der Waals surface area (Å²) in [5.74, 6) is 0.869. The molecular weight excluding hydrogens is 204 g/mol. The summed E-state index contributed by atoms with van der Waals surface area (Å²) in [5, 5.41) is 3.19. The number of likely N-dealkylation sites (N-methyl/N-ethyl adjacent to an activating group) is 1. The number of methoxy groups -OCH3 is 1. The Morgan fingerprint density at radius 1 is 1.50 bits per heavy atom. The summed E-state index contributed by atoms with van der Waals surface area (Å²) in [6.45, 7) is 4.78. The van der Waals surface area contributed by atoms with E-state index < -0.39 is 0 Å². The van der Waals surface area contributed by atoms with Gasteiger partial charge in [0, 0.05) is 32.8 Å². The fraction of sp³-hybridized carbons (Fsp3) is 1.00. The van der Waals surface area contributed by atoms with Crippen LogP contribution in [-0.2, 0) is 9.47 Å². The molecule has 0 radical (unpaired) electrons. The van der Waals surface area contributed by atoms with E-state index in [2.05, 4.69) is 10.2 Å². The SMILES string of the molecule is CNCC1CN(C(COC)C2CC2)CCO1. The van der Waals surface area contributed by atoms with Crippen molar-refractivity contribution in [1.29, 1.82) is 0 Å². The third-order valence-electron chi connectivity index (χ3n) is 3.57. The summed E-state index contributed by atoms with van der Waals surface area (Å²) in [6, 6.07) is 0.619. The quantitative estimate of drug-likeness (QED) is 0.710. The maximum Gasteiger partial charge on any atom is 0.0826 e. The van der Waals surface area contributed by atoms with Gasteiger partial charge in [0.1, 0.15) is 0 Å². The molecule has 2 fully saturated rings. The maximum absolute atomic E-state index is 5.73. The first-order valence-electron chi connectivity index (χ1n) is 6.34. The topological polar surface area (TPSA) is 33.7 Å². The van der Waals surface area contributed by atoms with Crippen molar-refractivity contribution in [1.82, 2.24) is 10.2 Å². The summed E-state index contributed by atoms with van der Waals surface area (Å²) >= 11 is 0. The molecule has 1 aliphatic carbocycles. The van der Waals surface area contributed by atoms with E-state index in [0.29, 0.717) is 12.1 Å². The van der Waals surface area contributed by atoms with Crippen LogP contribution >= 0.6 is 0 Å². The normalized spacial score (nSPS) is 29.2. The van der Waals surface area contributed by atoms with Crippen LogP contribution in [0.1, 0.15) is 12.8 Å². The van der Waals surface area contributed by atoms with Crippen molar-refractivity contribution in [3.63, 3.8) is 0 Å². The number of ether oxygens (including phenoxy) is 2. The van der Waals surface area contributed by atoms with Gasteiger partial charge < -0.3 is 14.8 Å². The Labute approximate surface area is 98.3 Å². The van der Waals surface area contributed by atoms with Crippen molar-refractivity contribution >= 4 is 0 Å². The number of rotatable bonds is 6. The van der Waals surface area contributed by atoms with Crippen LogP contribution in [0, 0.1) is 5.92 Å². The highest BCUT2D eigenvalue weighted by Gasteiger charge is 2.37. The van der Waals surface area contributed by atoms with Gasteiger partial charge in [-0.3, -0.25) is 4.90 Å². The molecule has 1 heterocycles. The summed E-state index contributed by atoms with van der Waals surface area (Å²) in [6.07, 6.45) is 3.10. The minimum absolute atomic E-state index is 0.344. The van der Waals surface area contributed by atoms with Gasteiger partial charge in [-0.15, -0.1) is 0 Å². The first kappa shape index (κ1) is 12.3. The molecule has 0 spiro atoms. The molecular formula is C12H24N2O2. The van der Waals surface area contributed by atoms with Gasteiger partial charge in [-0.25, -0.2) is 0 Å². The fourth-order valence-electron chi connectivity index (χ4n) is 2.59. The Bertz CT molecular complexity index is 207. The van der Waals surface area contributed by atoms with Crippen LogP contribution in [0.15, 0.2) is 0 Å². The van der Waals surface area contributed by atoms with Gasteiger partial charge in [0.2, 0.25) is 0 Å². The van der Waals surface area contributed by atoms with Gasteiger partial charge in [0.05, 0.1) is 19.3 Å². The Morgan fingerprint density at radius 2 is 2.31 bits per heavy atom. The Kier molecular flexibility index (Phi) is 4.58. The Hall–Kier alpha value is -0.160. The molecule has 1 N–H and O–H groups in total. The second kappa shape index (κ2) is 5.96. The van der Waals surface area contributed by atoms with Crippen molar-refractivity contribution in [2.75, 3.05) is 47.0 Å². The second-order valence-corrected chi connectivity index (χ2v) is 4.91. The van der Waals surface area contributed by atoms with E-state index in [9.17, 15) is 0 Å². The number of hydrogen-bond donors (Lipinski definition) is 1. The summed E-state index contributed by atoms with van der Waals surface area (Å²) < 4.78 is 11.1. The highest BCUT2D eigenvalue weighted by atomic mass is 16.5. The number of nitrogens with one attached hydrogen (secondary N) is 1. The predicted molar refractivity (Wildman–Crippen MR) is 63.6 cm³/mol.